The molecule has 0 amide bonds. The molecule has 3 aromatic carbocycles. The summed E-state index contributed by atoms with van der Waals surface area (Å²) in [5.41, 5.74) is 2.92. The monoisotopic (exact) mass is 572 g/mol. The van der Waals surface area contributed by atoms with Gasteiger partial charge in [-0.25, -0.2) is 14.2 Å². The number of ether oxygens (including phenoxy) is 3. The highest BCUT2D eigenvalue weighted by molar-refractivity contribution is 7.07. The molecule has 5 rings (SSSR count). The Balaban J connectivity index is 1.53. The molecule has 0 unspecified atom stereocenters. The second-order valence-corrected chi connectivity index (χ2v) is 10.3. The standard InChI is InChI=1S/C32H29FN2O5S/c1-4-38-25-15-11-23(12-16-25)29-28(31(37)39-5-2)20(3)34-32-35(29)30(36)27(41-32)18-22-7-6-8-26(17-22)40-19-21-9-13-24(33)14-10-21/h6-18,29H,4-5,19H2,1-3H3/b27-18-/t29-/m1/s1. The summed E-state index contributed by atoms with van der Waals surface area (Å²) in [7, 11) is 0. The molecule has 7 nitrogen and oxygen atoms in total. The molecule has 0 bridgehead atoms. The van der Waals surface area contributed by atoms with E-state index in [2.05, 4.69) is 4.99 Å². The summed E-state index contributed by atoms with van der Waals surface area (Å²) in [4.78, 5) is 32.1. The lowest BCUT2D eigenvalue weighted by atomic mass is 9.96. The van der Waals surface area contributed by atoms with Crippen molar-refractivity contribution in [3.05, 3.63) is 126 Å². The first-order valence-electron chi connectivity index (χ1n) is 13.3. The van der Waals surface area contributed by atoms with Crippen LogP contribution in [-0.4, -0.2) is 23.8 Å². The van der Waals surface area contributed by atoms with Crippen LogP contribution in [0.15, 0.2) is 93.9 Å². The molecule has 0 radical (unpaired) electrons. The first kappa shape index (κ1) is 28.0. The summed E-state index contributed by atoms with van der Waals surface area (Å²) in [5.74, 6) is 0.506. The maximum Gasteiger partial charge on any atom is 0.338 e. The molecule has 2 heterocycles. The molecule has 1 aliphatic heterocycles. The lowest BCUT2D eigenvalue weighted by Crippen LogP contribution is -2.39. The Morgan fingerprint density at radius 2 is 1.76 bits per heavy atom. The maximum atomic E-state index is 13.8. The van der Waals surface area contributed by atoms with Crippen molar-refractivity contribution in [1.82, 2.24) is 4.57 Å². The van der Waals surface area contributed by atoms with Gasteiger partial charge in [0.05, 0.1) is 35.1 Å². The van der Waals surface area contributed by atoms with Crippen molar-refractivity contribution in [3.63, 3.8) is 0 Å². The maximum absolute atomic E-state index is 13.8. The molecule has 0 N–H and O–H groups in total. The van der Waals surface area contributed by atoms with Crippen LogP contribution in [0.25, 0.3) is 6.08 Å². The van der Waals surface area contributed by atoms with Gasteiger partial charge < -0.3 is 14.2 Å². The van der Waals surface area contributed by atoms with Crippen LogP contribution in [0.3, 0.4) is 0 Å². The largest absolute Gasteiger partial charge is 0.494 e. The molecule has 0 fully saturated rings. The number of benzene rings is 3. The van der Waals surface area contributed by atoms with E-state index in [1.807, 2.05) is 55.5 Å². The number of allylic oxidation sites excluding steroid dienone is 1. The molecular formula is C32H29FN2O5S. The fourth-order valence-corrected chi connectivity index (χ4v) is 5.66. The van der Waals surface area contributed by atoms with E-state index >= 15 is 0 Å². The van der Waals surface area contributed by atoms with Crippen LogP contribution >= 0.6 is 11.3 Å². The van der Waals surface area contributed by atoms with E-state index in [4.69, 9.17) is 14.2 Å². The van der Waals surface area contributed by atoms with Crippen molar-refractivity contribution in [2.45, 2.75) is 33.4 Å². The number of carbonyl (C=O) groups is 1. The smallest absolute Gasteiger partial charge is 0.338 e. The van der Waals surface area contributed by atoms with Crippen molar-refractivity contribution >= 4 is 23.4 Å². The zero-order valence-corrected chi connectivity index (χ0v) is 23.7. The number of hydrogen-bond acceptors (Lipinski definition) is 7. The van der Waals surface area contributed by atoms with Crippen LogP contribution in [0.1, 0.15) is 43.5 Å². The van der Waals surface area contributed by atoms with Crippen LogP contribution in [0, 0.1) is 5.82 Å². The van der Waals surface area contributed by atoms with Crippen LogP contribution in [0.4, 0.5) is 4.39 Å². The van der Waals surface area contributed by atoms with Gasteiger partial charge in [-0.1, -0.05) is 47.7 Å². The van der Waals surface area contributed by atoms with Crippen LogP contribution in [0.5, 0.6) is 11.5 Å². The van der Waals surface area contributed by atoms with Gasteiger partial charge in [0.1, 0.15) is 23.9 Å². The van der Waals surface area contributed by atoms with E-state index in [-0.39, 0.29) is 24.6 Å². The van der Waals surface area contributed by atoms with E-state index in [0.717, 1.165) is 16.7 Å². The van der Waals surface area contributed by atoms with E-state index in [1.54, 1.807) is 36.6 Å². The average molecular weight is 573 g/mol. The lowest BCUT2D eigenvalue weighted by molar-refractivity contribution is -0.139. The molecule has 210 valence electrons. The van der Waals surface area contributed by atoms with Gasteiger partial charge >= 0.3 is 5.97 Å². The molecular weight excluding hydrogens is 543 g/mol. The Kier molecular flexibility index (Phi) is 8.45. The van der Waals surface area contributed by atoms with Gasteiger partial charge in [-0.05, 0) is 79.9 Å². The summed E-state index contributed by atoms with van der Waals surface area (Å²) in [6.07, 6.45) is 1.78. The highest BCUT2D eigenvalue weighted by Gasteiger charge is 2.33. The number of carbonyl (C=O) groups excluding carboxylic acids is 1. The van der Waals surface area contributed by atoms with E-state index in [1.165, 1.54) is 23.5 Å². The lowest BCUT2D eigenvalue weighted by Gasteiger charge is -2.24. The zero-order valence-electron chi connectivity index (χ0n) is 22.9. The zero-order chi connectivity index (χ0) is 28.9. The number of nitrogens with zero attached hydrogens (tertiary/aromatic N) is 2. The second-order valence-electron chi connectivity index (χ2n) is 9.29. The predicted octanol–water partition coefficient (Wildman–Crippen LogP) is 4.92. The average Bonchev–Trinajstić information content (AvgIpc) is 3.27. The van der Waals surface area contributed by atoms with Crippen molar-refractivity contribution < 1.29 is 23.4 Å². The second kappa shape index (κ2) is 12.3. The Labute approximate surface area is 240 Å². The number of halogens is 1. The summed E-state index contributed by atoms with van der Waals surface area (Å²) in [5, 5.41) is 0. The number of esters is 1. The van der Waals surface area contributed by atoms with Gasteiger partial charge in [0.15, 0.2) is 4.80 Å². The minimum absolute atomic E-state index is 0.204. The van der Waals surface area contributed by atoms with Gasteiger partial charge in [0.25, 0.3) is 5.56 Å². The van der Waals surface area contributed by atoms with Gasteiger partial charge in [0, 0.05) is 0 Å². The fraction of sp³-hybridized carbons (Fsp3) is 0.219. The summed E-state index contributed by atoms with van der Waals surface area (Å²) in [6.45, 7) is 6.42. The molecule has 4 aromatic rings. The number of rotatable bonds is 9. The molecule has 41 heavy (non-hydrogen) atoms. The van der Waals surface area contributed by atoms with Gasteiger partial charge in [-0.2, -0.15) is 0 Å². The van der Waals surface area contributed by atoms with E-state index in [0.29, 0.717) is 38.7 Å². The van der Waals surface area contributed by atoms with Crippen molar-refractivity contribution in [2.24, 2.45) is 4.99 Å². The molecule has 0 saturated carbocycles. The summed E-state index contributed by atoms with van der Waals surface area (Å²) >= 11 is 1.26. The molecule has 1 aliphatic rings. The number of hydrogen-bond donors (Lipinski definition) is 0. The molecule has 9 heteroatoms. The topological polar surface area (TPSA) is 79.1 Å². The van der Waals surface area contributed by atoms with Crippen LogP contribution in [-0.2, 0) is 16.1 Å². The highest BCUT2D eigenvalue weighted by atomic mass is 32.1. The molecule has 1 atom stereocenters. The SMILES string of the molecule is CCOC(=O)C1=C(C)N=c2s/c(=C\c3cccc(OCc4ccc(F)cc4)c3)c(=O)n2[C@@H]1c1ccc(OCC)cc1. The predicted molar refractivity (Wildman–Crippen MR) is 155 cm³/mol. The highest BCUT2D eigenvalue weighted by Crippen LogP contribution is 2.31. The molecule has 1 aromatic heterocycles. The minimum atomic E-state index is -0.700. The van der Waals surface area contributed by atoms with Crippen LogP contribution in [0.2, 0.25) is 0 Å². The van der Waals surface area contributed by atoms with Crippen molar-refractivity contribution in [1.29, 1.82) is 0 Å². The van der Waals surface area contributed by atoms with Gasteiger partial charge in [-0.3, -0.25) is 9.36 Å². The molecule has 0 saturated heterocycles. The Morgan fingerprint density at radius 3 is 2.46 bits per heavy atom. The van der Waals surface area contributed by atoms with Gasteiger partial charge in [-0.15, -0.1) is 0 Å². The molecule has 0 aliphatic carbocycles. The summed E-state index contributed by atoms with van der Waals surface area (Å²) in [6, 6.07) is 20.2. The number of aromatic nitrogens is 1. The van der Waals surface area contributed by atoms with Crippen LogP contribution < -0.4 is 24.4 Å². The van der Waals surface area contributed by atoms with E-state index in [9.17, 15) is 14.0 Å². The Hall–Kier alpha value is -4.50. The first-order chi connectivity index (χ1) is 19.9. The third-order valence-electron chi connectivity index (χ3n) is 6.50. The number of fused-ring (bicyclic) bond motifs is 1. The van der Waals surface area contributed by atoms with Crippen molar-refractivity contribution in [2.75, 3.05) is 13.2 Å². The third kappa shape index (κ3) is 6.15. The minimum Gasteiger partial charge on any atom is -0.494 e. The van der Waals surface area contributed by atoms with E-state index < -0.39 is 12.0 Å². The molecule has 0 spiro atoms. The summed E-state index contributed by atoms with van der Waals surface area (Å²) < 4.78 is 32.1. The normalized spacial score (nSPS) is 14.8. The first-order valence-corrected chi connectivity index (χ1v) is 14.1. The quantitative estimate of drug-likeness (QED) is 0.266. The fourth-order valence-electron chi connectivity index (χ4n) is 4.61. The number of thiazole rings is 1. The van der Waals surface area contributed by atoms with Gasteiger partial charge in [0.2, 0.25) is 0 Å². The third-order valence-corrected chi connectivity index (χ3v) is 7.48. The van der Waals surface area contributed by atoms with Crippen molar-refractivity contribution in [3.8, 4) is 11.5 Å². The Morgan fingerprint density at radius 1 is 1.00 bits per heavy atom. The Bertz CT molecular complexity index is 1770.